The van der Waals surface area contributed by atoms with E-state index in [9.17, 15) is 4.79 Å². The van der Waals surface area contributed by atoms with Gasteiger partial charge in [-0.25, -0.2) is 10.5 Å². The lowest BCUT2D eigenvalue weighted by Gasteiger charge is -2.37. The molecule has 2 aromatic heterocycles. The molecule has 1 aliphatic heterocycles. The molecule has 9 nitrogen and oxygen atoms in total. The van der Waals surface area contributed by atoms with E-state index in [1.54, 1.807) is 11.7 Å². The monoisotopic (exact) mass is 428 g/mol. The van der Waals surface area contributed by atoms with Crippen molar-refractivity contribution in [2.45, 2.75) is 69.7 Å². The lowest BCUT2D eigenvalue weighted by atomic mass is 9.84. The van der Waals surface area contributed by atoms with Crippen molar-refractivity contribution in [3.05, 3.63) is 24.2 Å². The van der Waals surface area contributed by atoms with Gasteiger partial charge in [-0.05, 0) is 24.5 Å². The van der Waals surface area contributed by atoms with E-state index in [1.165, 1.54) is 32.1 Å². The van der Waals surface area contributed by atoms with Crippen molar-refractivity contribution >= 4 is 11.7 Å². The van der Waals surface area contributed by atoms with Gasteiger partial charge in [-0.3, -0.25) is 10.0 Å². The molecule has 2 aliphatic rings. The number of anilines is 1. The van der Waals surface area contributed by atoms with Gasteiger partial charge in [0.15, 0.2) is 0 Å². The molecule has 0 spiro atoms. The molecule has 1 amide bonds. The van der Waals surface area contributed by atoms with Crippen LogP contribution in [0.4, 0.5) is 5.82 Å². The van der Waals surface area contributed by atoms with Gasteiger partial charge in [0, 0.05) is 43.2 Å². The van der Waals surface area contributed by atoms with Gasteiger partial charge in [-0.15, -0.1) is 0 Å². The van der Waals surface area contributed by atoms with Crippen LogP contribution in [-0.2, 0) is 4.79 Å². The number of hydrogen-bond donors (Lipinski definition) is 3. The summed E-state index contributed by atoms with van der Waals surface area (Å²) < 4.78 is 5.52. The Bertz CT molecular complexity index is 843. The van der Waals surface area contributed by atoms with Gasteiger partial charge in [0.05, 0.1) is 0 Å². The standard InChI is InChI=1S/C22H32N6O3/c23-18-13-28(14-18)19-10-9-17(12-24-19)21-25-22(31-27-21)16(11-20(29)26-30)8-4-7-15-5-2-1-3-6-15/h9-10,12,15-16,18,30H,1-8,11,13-14,23H2,(H,26,29)/t16-/m1/s1. The number of nitrogens with one attached hydrogen (secondary N) is 1. The Morgan fingerprint density at radius 1 is 1.29 bits per heavy atom. The second-order valence-electron chi connectivity index (χ2n) is 8.90. The molecular formula is C22H32N6O3. The fourth-order valence-electron chi connectivity index (χ4n) is 4.63. The average molecular weight is 429 g/mol. The Hall–Kier alpha value is -2.52. The van der Waals surface area contributed by atoms with Crippen LogP contribution in [0, 0.1) is 5.92 Å². The number of aromatic nitrogens is 3. The summed E-state index contributed by atoms with van der Waals surface area (Å²) in [4.78, 5) is 23.0. The predicted octanol–water partition coefficient (Wildman–Crippen LogP) is 3.01. The van der Waals surface area contributed by atoms with Crippen LogP contribution in [0.1, 0.15) is 69.6 Å². The van der Waals surface area contributed by atoms with E-state index in [0.29, 0.717) is 11.7 Å². The second-order valence-corrected chi connectivity index (χ2v) is 8.90. The molecule has 0 bridgehead atoms. The van der Waals surface area contributed by atoms with Crippen molar-refractivity contribution in [2.75, 3.05) is 18.0 Å². The van der Waals surface area contributed by atoms with E-state index in [-0.39, 0.29) is 18.4 Å². The SMILES string of the molecule is NC1CN(c2ccc(-c3noc([C@H](CCCC4CCCCC4)CC(=O)NO)n3)cn2)C1. The zero-order valence-electron chi connectivity index (χ0n) is 17.9. The van der Waals surface area contributed by atoms with Crippen LogP contribution in [0.15, 0.2) is 22.9 Å². The summed E-state index contributed by atoms with van der Waals surface area (Å²) >= 11 is 0. The molecule has 2 fully saturated rings. The number of amides is 1. The molecule has 168 valence electrons. The first-order chi connectivity index (χ1) is 15.1. The highest BCUT2D eigenvalue weighted by molar-refractivity contribution is 5.75. The van der Waals surface area contributed by atoms with Crippen LogP contribution in [-0.4, -0.2) is 45.4 Å². The predicted molar refractivity (Wildman–Crippen MR) is 115 cm³/mol. The topological polar surface area (TPSA) is 130 Å². The lowest BCUT2D eigenvalue weighted by Crippen LogP contribution is -2.56. The van der Waals surface area contributed by atoms with Crippen molar-refractivity contribution in [3.8, 4) is 11.4 Å². The van der Waals surface area contributed by atoms with Gasteiger partial charge in [0.2, 0.25) is 17.6 Å². The Morgan fingerprint density at radius 3 is 2.77 bits per heavy atom. The molecule has 0 unspecified atom stereocenters. The number of hydroxylamine groups is 1. The molecule has 1 saturated heterocycles. The third-order valence-corrected chi connectivity index (χ3v) is 6.48. The maximum Gasteiger partial charge on any atom is 0.244 e. The maximum absolute atomic E-state index is 11.8. The van der Waals surface area contributed by atoms with Crippen molar-refractivity contribution < 1.29 is 14.5 Å². The van der Waals surface area contributed by atoms with Crippen molar-refractivity contribution in [3.63, 3.8) is 0 Å². The summed E-state index contributed by atoms with van der Waals surface area (Å²) in [5, 5.41) is 13.1. The summed E-state index contributed by atoms with van der Waals surface area (Å²) in [6.07, 6.45) is 11.4. The fourth-order valence-corrected chi connectivity index (χ4v) is 4.63. The first kappa shape index (κ1) is 21.7. The minimum Gasteiger partial charge on any atom is -0.353 e. The van der Waals surface area contributed by atoms with E-state index >= 15 is 0 Å². The molecule has 3 heterocycles. The van der Waals surface area contributed by atoms with Crippen LogP contribution in [0.5, 0.6) is 0 Å². The smallest absolute Gasteiger partial charge is 0.244 e. The van der Waals surface area contributed by atoms with E-state index < -0.39 is 5.91 Å². The molecular weight excluding hydrogens is 396 g/mol. The van der Waals surface area contributed by atoms with Gasteiger partial charge in [-0.1, -0.05) is 50.1 Å². The third kappa shape index (κ3) is 5.59. The van der Waals surface area contributed by atoms with Gasteiger partial charge in [0.1, 0.15) is 5.82 Å². The normalized spacial score (nSPS) is 18.6. The first-order valence-electron chi connectivity index (χ1n) is 11.4. The number of rotatable bonds is 9. The number of nitrogens with two attached hydrogens (primary N) is 1. The van der Waals surface area contributed by atoms with Crippen LogP contribution in [0.25, 0.3) is 11.4 Å². The Balaban J connectivity index is 1.39. The summed E-state index contributed by atoms with van der Waals surface area (Å²) in [6.45, 7) is 1.63. The van der Waals surface area contributed by atoms with Crippen LogP contribution in [0.3, 0.4) is 0 Å². The molecule has 1 aliphatic carbocycles. The van der Waals surface area contributed by atoms with Crippen molar-refractivity contribution in [1.29, 1.82) is 0 Å². The largest absolute Gasteiger partial charge is 0.353 e. The second kappa shape index (κ2) is 10.2. The average Bonchev–Trinajstić information content (AvgIpc) is 3.27. The third-order valence-electron chi connectivity index (χ3n) is 6.48. The number of pyridine rings is 1. The van der Waals surface area contributed by atoms with Crippen molar-refractivity contribution in [2.24, 2.45) is 11.7 Å². The highest BCUT2D eigenvalue weighted by Crippen LogP contribution is 2.32. The zero-order chi connectivity index (χ0) is 21.6. The molecule has 0 aromatic carbocycles. The van der Waals surface area contributed by atoms with Crippen LogP contribution >= 0.6 is 0 Å². The fraction of sp³-hybridized carbons (Fsp3) is 0.636. The highest BCUT2D eigenvalue weighted by atomic mass is 16.5. The van der Waals surface area contributed by atoms with Crippen molar-refractivity contribution in [1.82, 2.24) is 20.6 Å². The molecule has 9 heteroatoms. The van der Waals surface area contributed by atoms with Gasteiger partial charge < -0.3 is 15.2 Å². The quantitative estimate of drug-likeness (QED) is 0.410. The summed E-state index contributed by atoms with van der Waals surface area (Å²) in [5.74, 6) is 1.89. The summed E-state index contributed by atoms with van der Waals surface area (Å²) in [7, 11) is 0. The molecule has 4 rings (SSSR count). The zero-order valence-corrected chi connectivity index (χ0v) is 17.9. The Labute approximate surface area is 182 Å². The van der Waals surface area contributed by atoms with Gasteiger partial charge in [0.25, 0.3) is 0 Å². The van der Waals surface area contributed by atoms with Crippen LogP contribution in [0.2, 0.25) is 0 Å². The lowest BCUT2D eigenvalue weighted by molar-refractivity contribution is -0.129. The number of nitrogens with zero attached hydrogens (tertiary/aromatic N) is 4. The maximum atomic E-state index is 11.8. The van der Waals surface area contributed by atoms with Gasteiger partial charge in [-0.2, -0.15) is 4.98 Å². The summed E-state index contributed by atoms with van der Waals surface area (Å²) in [6, 6.07) is 4.06. The highest BCUT2D eigenvalue weighted by Gasteiger charge is 2.25. The molecule has 4 N–H and O–H groups in total. The molecule has 0 radical (unpaired) electrons. The van der Waals surface area contributed by atoms with E-state index in [2.05, 4.69) is 20.0 Å². The van der Waals surface area contributed by atoms with Gasteiger partial charge >= 0.3 is 0 Å². The molecule has 1 saturated carbocycles. The number of hydrogen-bond acceptors (Lipinski definition) is 8. The number of carbonyl (C=O) groups excluding carboxylic acids is 1. The minimum atomic E-state index is -0.443. The minimum absolute atomic E-state index is 0.120. The molecule has 2 aromatic rings. The van der Waals surface area contributed by atoms with E-state index in [4.69, 9.17) is 15.5 Å². The van der Waals surface area contributed by atoms with E-state index in [0.717, 1.165) is 49.7 Å². The first-order valence-corrected chi connectivity index (χ1v) is 11.4. The summed E-state index contributed by atoms with van der Waals surface area (Å²) in [5.41, 5.74) is 8.32. The Kier molecular flexibility index (Phi) is 7.14. The van der Waals surface area contributed by atoms with E-state index in [1.807, 2.05) is 12.1 Å². The van der Waals surface area contributed by atoms with Crippen LogP contribution < -0.4 is 16.1 Å². The Morgan fingerprint density at radius 2 is 2.10 bits per heavy atom. The number of carbonyl (C=O) groups is 1. The molecule has 31 heavy (non-hydrogen) atoms. The molecule has 1 atom stereocenters.